The molecule has 3 rings (SSSR count). The van der Waals surface area contributed by atoms with Crippen LogP contribution in [0.1, 0.15) is 11.1 Å². The van der Waals surface area contributed by atoms with Crippen LogP contribution in [0.15, 0.2) is 24.4 Å². The molecule has 2 heterocycles. The molecule has 0 aliphatic heterocycles. The molecular formula is C16H10ClFN2. The predicted molar refractivity (Wildman–Crippen MR) is 77.1 cm³/mol. The van der Waals surface area contributed by atoms with Crippen LogP contribution in [0.5, 0.6) is 0 Å². The fraction of sp³-hybridized carbons (Fsp3) is 0.125. The average molecular weight is 285 g/mol. The van der Waals surface area contributed by atoms with Gasteiger partial charge in [-0.1, -0.05) is 23.7 Å². The summed E-state index contributed by atoms with van der Waals surface area (Å²) in [5, 5.41) is 0.736. The number of pyridine rings is 1. The molecule has 20 heavy (non-hydrogen) atoms. The van der Waals surface area contributed by atoms with E-state index in [9.17, 15) is 4.39 Å². The molecule has 4 heteroatoms. The Kier molecular flexibility index (Phi) is 3.04. The van der Waals surface area contributed by atoms with E-state index in [1.165, 1.54) is 12.3 Å². The summed E-state index contributed by atoms with van der Waals surface area (Å²) in [6.07, 6.45) is 1.52. The molecule has 0 unspecified atom stereocenters. The second kappa shape index (κ2) is 4.73. The smallest absolute Gasteiger partial charge is 0.134 e. The first kappa shape index (κ1) is 12.8. The Labute approximate surface area is 121 Å². The highest BCUT2D eigenvalue weighted by Gasteiger charge is 2.16. The van der Waals surface area contributed by atoms with Crippen LogP contribution in [0.2, 0.25) is 5.02 Å². The van der Waals surface area contributed by atoms with Gasteiger partial charge in [0, 0.05) is 6.07 Å². The zero-order valence-electron chi connectivity index (χ0n) is 11.0. The number of nitrogens with zero attached hydrogens (tertiary/aromatic N) is 2. The largest absolute Gasteiger partial charge is 0.245 e. The molecule has 0 fully saturated rings. The summed E-state index contributed by atoms with van der Waals surface area (Å²) in [5.74, 6) is -0.362. The minimum Gasteiger partial charge on any atom is -0.245 e. The number of aromatic nitrogens is 2. The van der Waals surface area contributed by atoms with Gasteiger partial charge in [0.25, 0.3) is 0 Å². The normalized spacial score (nSPS) is 10.6. The van der Waals surface area contributed by atoms with Crippen LogP contribution in [0.25, 0.3) is 22.3 Å². The van der Waals surface area contributed by atoms with Crippen LogP contribution in [0.3, 0.4) is 0 Å². The maximum atomic E-state index is 14.0. The van der Waals surface area contributed by atoms with Gasteiger partial charge in [-0.05, 0) is 37.1 Å². The van der Waals surface area contributed by atoms with Crippen LogP contribution in [0.4, 0.5) is 4.39 Å². The third-order valence-corrected chi connectivity index (χ3v) is 3.73. The van der Waals surface area contributed by atoms with Crippen molar-refractivity contribution in [3.05, 3.63) is 58.5 Å². The highest BCUT2D eigenvalue weighted by atomic mass is 35.5. The molecule has 2 aromatic heterocycles. The van der Waals surface area contributed by atoms with Gasteiger partial charge in [0.15, 0.2) is 0 Å². The number of hydrogen-bond acceptors (Lipinski definition) is 2. The zero-order chi connectivity index (χ0) is 14.3. The summed E-state index contributed by atoms with van der Waals surface area (Å²) in [5.41, 5.74) is 3.42. The Morgan fingerprint density at radius 2 is 2.00 bits per heavy atom. The topological polar surface area (TPSA) is 25.8 Å². The van der Waals surface area contributed by atoms with Crippen LogP contribution in [-0.4, -0.2) is 9.97 Å². The lowest BCUT2D eigenvalue weighted by molar-refractivity contribution is 0.639. The fourth-order valence-electron chi connectivity index (χ4n) is 2.18. The predicted octanol–water partition coefficient (Wildman–Crippen LogP) is 4.31. The van der Waals surface area contributed by atoms with E-state index in [0.717, 1.165) is 5.56 Å². The SMILES string of the molecule is Cc1c(-c2cc#ccn2)nc2c(C)ccc(F)c2c1Cl. The van der Waals surface area contributed by atoms with Gasteiger partial charge >= 0.3 is 0 Å². The average Bonchev–Trinajstić information content (AvgIpc) is 2.47. The monoisotopic (exact) mass is 284 g/mol. The van der Waals surface area contributed by atoms with E-state index in [1.807, 2.05) is 13.8 Å². The number of rotatable bonds is 1. The van der Waals surface area contributed by atoms with E-state index in [4.69, 9.17) is 11.6 Å². The quantitative estimate of drug-likeness (QED) is 0.665. The van der Waals surface area contributed by atoms with E-state index >= 15 is 0 Å². The van der Waals surface area contributed by atoms with Gasteiger partial charge in [0.2, 0.25) is 0 Å². The van der Waals surface area contributed by atoms with Gasteiger partial charge < -0.3 is 0 Å². The fourth-order valence-corrected chi connectivity index (χ4v) is 2.45. The Bertz CT molecular complexity index is 801. The number of halogens is 2. The first-order valence-electron chi connectivity index (χ1n) is 6.08. The lowest BCUT2D eigenvalue weighted by Gasteiger charge is -2.11. The number of benzene rings is 1. The molecule has 0 saturated heterocycles. The molecule has 0 aliphatic rings. The van der Waals surface area contributed by atoms with Crippen molar-refractivity contribution >= 4 is 22.5 Å². The van der Waals surface area contributed by atoms with E-state index in [0.29, 0.717) is 32.9 Å². The Balaban J connectivity index is 2.42. The molecule has 0 atom stereocenters. The minimum absolute atomic E-state index is 0.361. The van der Waals surface area contributed by atoms with Crippen molar-refractivity contribution in [2.24, 2.45) is 0 Å². The summed E-state index contributed by atoms with van der Waals surface area (Å²) in [6.45, 7) is 3.69. The lowest BCUT2D eigenvalue weighted by Crippen LogP contribution is -1.97. The molecular weight excluding hydrogens is 275 g/mol. The highest BCUT2D eigenvalue weighted by Crippen LogP contribution is 2.34. The summed E-state index contributed by atoms with van der Waals surface area (Å²) in [4.78, 5) is 8.75. The molecule has 0 saturated carbocycles. The van der Waals surface area contributed by atoms with Crippen LogP contribution in [-0.2, 0) is 0 Å². The summed E-state index contributed by atoms with van der Waals surface area (Å²) in [6, 6.07) is 10.4. The third kappa shape index (κ3) is 1.90. The van der Waals surface area contributed by atoms with E-state index < -0.39 is 0 Å². The highest BCUT2D eigenvalue weighted by molar-refractivity contribution is 6.36. The van der Waals surface area contributed by atoms with Gasteiger partial charge in [0.05, 0.1) is 33.5 Å². The van der Waals surface area contributed by atoms with Crippen molar-refractivity contribution in [2.45, 2.75) is 13.8 Å². The van der Waals surface area contributed by atoms with E-state index in [2.05, 4.69) is 22.1 Å². The standard InChI is InChI=1S/C16H10ClFN2/c1-9-6-7-11(18)13-14(17)10(2)16(20-15(9)13)12-5-3-4-8-19-12/h5-8H,1-2H3. The third-order valence-electron chi connectivity index (χ3n) is 3.26. The molecule has 1 aromatic carbocycles. The minimum atomic E-state index is -0.362. The van der Waals surface area contributed by atoms with Crippen molar-refractivity contribution in [3.8, 4) is 11.4 Å². The lowest BCUT2D eigenvalue weighted by atomic mass is 10.0. The second-order valence-electron chi connectivity index (χ2n) is 4.56. The molecule has 2 nitrogen and oxygen atoms in total. The van der Waals surface area contributed by atoms with Crippen molar-refractivity contribution in [1.82, 2.24) is 9.97 Å². The molecule has 0 spiro atoms. The summed E-state index contributed by atoms with van der Waals surface area (Å²) in [7, 11) is 0. The Morgan fingerprint density at radius 1 is 1.20 bits per heavy atom. The first-order valence-corrected chi connectivity index (χ1v) is 6.46. The van der Waals surface area contributed by atoms with Gasteiger partial charge in [-0.3, -0.25) is 0 Å². The van der Waals surface area contributed by atoms with Crippen molar-refractivity contribution in [1.29, 1.82) is 0 Å². The second-order valence-corrected chi connectivity index (χ2v) is 4.94. The van der Waals surface area contributed by atoms with Gasteiger partial charge in [-0.2, -0.15) is 0 Å². The van der Waals surface area contributed by atoms with Crippen LogP contribution >= 0.6 is 11.6 Å². The first-order chi connectivity index (χ1) is 9.59. The molecule has 3 aromatic rings. The number of aryl methyl sites for hydroxylation is 1. The maximum Gasteiger partial charge on any atom is 0.134 e. The van der Waals surface area contributed by atoms with Crippen LogP contribution < -0.4 is 0 Å². The molecule has 98 valence electrons. The molecule has 0 bridgehead atoms. The van der Waals surface area contributed by atoms with E-state index in [1.54, 1.807) is 12.1 Å². The van der Waals surface area contributed by atoms with Crippen molar-refractivity contribution in [2.75, 3.05) is 0 Å². The molecule has 0 aliphatic carbocycles. The van der Waals surface area contributed by atoms with Crippen molar-refractivity contribution in [3.63, 3.8) is 0 Å². The Hall–Kier alpha value is -2.18. The summed E-state index contributed by atoms with van der Waals surface area (Å²) < 4.78 is 14.0. The van der Waals surface area contributed by atoms with Crippen molar-refractivity contribution < 1.29 is 4.39 Å². The number of hydrogen-bond donors (Lipinski definition) is 0. The summed E-state index contributed by atoms with van der Waals surface area (Å²) >= 11 is 6.33. The zero-order valence-corrected chi connectivity index (χ0v) is 11.7. The van der Waals surface area contributed by atoms with Crippen LogP contribution in [0, 0.1) is 31.8 Å². The van der Waals surface area contributed by atoms with Gasteiger partial charge in [0.1, 0.15) is 5.82 Å². The number of fused-ring (bicyclic) bond motifs is 1. The van der Waals surface area contributed by atoms with Gasteiger partial charge in [-0.25, -0.2) is 14.4 Å². The molecule has 0 radical (unpaired) electrons. The van der Waals surface area contributed by atoms with E-state index in [-0.39, 0.29) is 5.82 Å². The molecule has 0 amide bonds. The van der Waals surface area contributed by atoms with Gasteiger partial charge in [-0.15, -0.1) is 0 Å². The Morgan fingerprint density at radius 3 is 2.70 bits per heavy atom. The maximum absolute atomic E-state index is 14.0. The molecule has 0 N–H and O–H groups in total.